The second-order valence-electron chi connectivity index (χ2n) is 3.85. The number of carbonyl (C=O) groups is 1. The number of amides is 1. The van der Waals surface area contributed by atoms with Crippen molar-refractivity contribution >= 4 is 16.3 Å². The van der Waals surface area contributed by atoms with E-state index in [1.807, 2.05) is 11.6 Å². The van der Waals surface area contributed by atoms with Gasteiger partial charge in [-0.25, -0.2) is 9.52 Å². The quantitative estimate of drug-likeness (QED) is 0.726. The van der Waals surface area contributed by atoms with Crippen molar-refractivity contribution in [2.45, 2.75) is 25.8 Å². The van der Waals surface area contributed by atoms with Crippen molar-refractivity contribution in [2.75, 3.05) is 26.7 Å². The third kappa shape index (κ3) is 4.14. The smallest absolute Gasteiger partial charge is 0.421 e. The van der Waals surface area contributed by atoms with Crippen molar-refractivity contribution in [2.24, 2.45) is 0 Å². The lowest BCUT2D eigenvalue weighted by atomic mass is 10.1. The molecule has 0 saturated carbocycles. The van der Waals surface area contributed by atoms with Crippen LogP contribution in [0.5, 0.6) is 0 Å². The molecular formula is C9H19N3O4S. The highest BCUT2D eigenvalue weighted by molar-refractivity contribution is 7.87. The van der Waals surface area contributed by atoms with E-state index in [1.54, 1.807) is 0 Å². The van der Waals surface area contributed by atoms with Gasteiger partial charge in [-0.15, -0.1) is 0 Å². The molecule has 0 aromatic heterocycles. The van der Waals surface area contributed by atoms with Gasteiger partial charge in [0.05, 0.1) is 7.11 Å². The molecule has 1 amide bonds. The van der Waals surface area contributed by atoms with Crippen LogP contribution in [-0.2, 0) is 14.9 Å². The number of nitrogens with zero attached hydrogens (tertiary/aromatic N) is 1. The molecule has 7 nitrogen and oxygen atoms in total. The Bertz CT molecular complexity index is 355. The molecular weight excluding hydrogens is 246 g/mol. The maximum Gasteiger partial charge on any atom is 0.421 e. The highest BCUT2D eigenvalue weighted by atomic mass is 32.2. The molecule has 0 bridgehead atoms. The minimum Gasteiger partial charge on any atom is -0.452 e. The summed E-state index contributed by atoms with van der Waals surface area (Å²) in [6.07, 6.45) is 0.758. The number of ether oxygens (including phenoxy) is 1. The van der Waals surface area contributed by atoms with Crippen molar-refractivity contribution in [3.8, 4) is 0 Å². The Morgan fingerprint density at radius 1 is 1.53 bits per heavy atom. The number of hydrogen-bond acceptors (Lipinski definition) is 5. The van der Waals surface area contributed by atoms with Gasteiger partial charge < -0.3 is 10.1 Å². The molecule has 1 aliphatic heterocycles. The van der Waals surface area contributed by atoms with Gasteiger partial charge in [0.15, 0.2) is 0 Å². The molecule has 1 unspecified atom stereocenters. The number of methoxy groups -OCH3 is 1. The Hall–Kier alpha value is -0.860. The van der Waals surface area contributed by atoms with E-state index in [-0.39, 0.29) is 6.04 Å². The molecule has 1 saturated heterocycles. The lowest BCUT2D eigenvalue weighted by Gasteiger charge is -2.31. The third-order valence-corrected chi connectivity index (χ3v) is 4.05. The number of hydrogen-bond donors (Lipinski definition) is 2. The highest BCUT2D eigenvalue weighted by Gasteiger charge is 2.29. The first-order chi connectivity index (χ1) is 7.99. The minimum absolute atomic E-state index is 0.142. The fraction of sp³-hybridized carbons (Fsp3) is 0.889. The zero-order valence-electron chi connectivity index (χ0n) is 10.1. The molecule has 1 atom stereocenters. The van der Waals surface area contributed by atoms with E-state index in [9.17, 15) is 13.2 Å². The summed E-state index contributed by atoms with van der Waals surface area (Å²) in [5.41, 5.74) is 0. The van der Waals surface area contributed by atoms with E-state index in [4.69, 9.17) is 0 Å². The maximum atomic E-state index is 11.8. The largest absolute Gasteiger partial charge is 0.452 e. The fourth-order valence-corrected chi connectivity index (χ4v) is 3.00. The van der Waals surface area contributed by atoms with Gasteiger partial charge in [0, 0.05) is 19.1 Å². The van der Waals surface area contributed by atoms with Crippen LogP contribution in [0.2, 0.25) is 0 Å². The lowest BCUT2D eigenvalue weighted by molar-refractivity contribution is 0.176. The number of rotatable bonds is 4. The minimum atomic E-state index is -3.78. The van der Waals surface area contributed by atoms with Crippen LogP contribution >= 0.6 is 0 Å². The Morgan fingerprint density at radius 3 is 2.82 bits per heavy atom. The Labute approximate surface area is 102 Å². The monoisotopic (exact) mass is 265 g/mol. The molecule has 2 N–H and O–H groups in total. The predicted molar refractivity (Wildman–Crippen MR) is 62.7 cm³/mol. The average Bonchev–Trinajstić information content (AvgIpc) is 2.29. The van der Waals surface area contributed by atoms with Gasteiger partial charge in [-0.05, 0) is 19.4 Å². The second kappa shape index (κ2) is 6.18. The van der Waals surface area contributed by atoms with Crippen LogP contribution in [0.15, 0.2) is 0 Å². The van der Waals surface area contributed by atoms with Crippen molar-refractivity contribution < 1.29 is 17.9 Å². The fourth-order valence-electron chi connectivity index (χ4n) is 1.83. The summed E-state index contributed by atoms with van der Waals surface area (Å²) >= 11 is 0. The van der Waals surface area contributed by atoms with Crippen LogP contribution in [0.1, 0.15) is 19.8 Å². The third-order valence-electron chi connectivity index (χ3n) is 2.61. The molecule has 100 valence electrons. The zero-order valence-corrected chi connectivity index (χ0v) is 10.9. The predicted octanol–water partition coefficient (Wildman–Crippen LogP) is -0.339. The molecule has 0 aromatic rings. The SMILES string of the molecule is CCNC1CCCN(S(=O)(=O)NC(=O)OC)C1. The Morgan fingerprint density at radius 2 is 2.24 bits per heavy atom. The molecule has 0 spiro atoms. The summed E-state index contributed by atoms with van der Waals surface area (Å²) in [4.78, 5) is 10.9. The van der Waals surface area contributed by atoms with Crippen LogP contribution in [0, 0.1) is 0 Å². The van der Waals surface area contributed by atoms with Crippen molar-refractivity contribution in [1.82, 2.24) is 14.3 Å². The number of likely N-dealkylation sites (N-methyl/N-ethyl adjacent to an activating group) is 1. The first-order valence-corrected chi connectivity index (χ1v) is 7.02. The van der Waals surface area contributed by atoms with Crippen LogP contribution in [0.25, 0.3) is 0 Å². The molecule has 1 aliphatic rings. The normalized spacial score (nSPS) is 22.1. The summed E-state index contributed by atoms with van der Waals surface area (Å²) in [6.45, 7) is 3.57. The van der Waals surface area contributed by atoms with Gasteiger partial charge in [-0.2, -0.15) is 12.7 Å². The summed E-state index contributed by atoms with van der Waals surface area (Å²) in [5.74, 6) is 0. The van der Waals surface area contributed by atoms with Gasteiger partial charge in [0.1, 0.15) is 0 Å². The van der Waals surface area contributed by atoms with Gasteiger partial charge in [0.25, 0.3) is 0 Å². The number of carbonyl (C=O) groups excluding carboxylic acids is 1. The zero-order chi connectivity index (χ0) is 12.9. The number of piperidine rings is 1. The Kier molecular flexibility index (Phi) is 5.16. The molecule has 0 radical (unpaired) electrons. The molecule has 0 aliphatic carbocycles. The number of nitrogens with one attached hydrogen (secondary N) is 2. The van der Waals surface area contributed by atoms with Gasteiger partial charge in [-0.1, -0.05) is 6.92 Å². The van der Waals surface area contributed by atoms with Crippen molar-refractivity contribution in [1.29, 1.82) is 0 Å². The van der Waals surface area contributed by atoms with E-state index < -0.39 is 16.3 Å². The van der Waals surface area contributed by atoms with Crippen molar-refractivity contribution in [3.63, 3.8) is 0 Å². The lowest BCUT2D eigenvalue weighted by Crippen LogP contribution is -2.52. The van der Waals surface area contributed by atoms with Crippen molar-refractivity contribution in [3.05, 3.63) is 0 Å². The average molecular weight is 265 g/mol. The molecule has 0 aromatic carbocycles. The molecule has 1 heterocycles. The molecule has 17 heavy (non-hydrogen) atoms. The van der Waals surface area contributed by atoms with E-state index in [0.717, 1.165) is 26.5 Å². The highest BCUT2D eigenvalue weighted by Crippen LogP contribution is 2.12. The van der Waals surface area contributed by atoms with Gasteiger partial charge >= 0.3 is 16.3 Å². The van der Waals surface area contributed by atoms with E-state index in [0.29, 0.717) is 13.1 Å². The van der Waals surface area contributed by atoms with Crippen LogP contribution in [0.4, 0.5) is 4.79 Å². The first kappa shape index (κ1) is 14.2. The summed E-state index contributed by atoms with van der Waals surface area (Å²) in [7, 11) is -2.65. The molecule has 1 fully saturated rings. The second-order valence-corrected chi connectivity index (χ2v) is 5.52. The molecule has 8 heteroatoms. The van der Waals surface area contributed by atoms with Crippen LogP contribution in [0.3, 0.4) is 0 Å². The first-order valence-electron chi connectivity index (χ1n) is 5.58. The van der Waals surface area contributed by atoms with Gasteiger partial charge in [-0.3, -0.25) is 0 Å². The van der Waals surface area contributed by atoms with E-state index in [1.165, 1.54) is 4.31 Å². The Balaban J connectivity index is 2.61. The summed E-state index contributed by atoms with van der Waals surface area (Å²) in [5, 5.41) is 3.20. The molecule has 1 rings (SSSR count). The van der Waals surface area contributed by atoms with E-state index >= 15 is 0 Å². The van der Waals surface area contributed by atoms with Crippen LogP contribution < -0.4 is 10.0 Å². The summed E-state index contributed by atoms with van der Waals surface area (Å²) < 4.78 is 31.0. The topological polar surface area (TPSA) is 87.7 Å². The standard InChI is InChI=1S/C9H19N3O4S/c1-3-10-8-5-4-6-12(7-8)17(14,15)11-9(13)16-2/h8,10H,3-7H2,1-2H3,(H,11,13). The van der Waals surface area contributed by atoms with Crippen LogP contribution in [-0.4, -0.2) is 51.6 Å². The maximum absolute atomic E-state index is 11.8. The van der Waals surface area contributed by atoms with E-state index in [2.05, 4.69) is 10.1 Å². The summed E-state index contributed by atoms with van der Waals surface area (Å²) in [6, 6.07) is 0.142. The van der Waals surface area contributed by atoms with Gasteiger partial charge in [0.2, 0.25) is 0 Å².